The minimum Gasteiger partial charge on any atom is -0.495 e. The molecule has 2 aromatic carbocycles. The Balaban J connectivity index is 1.55. The lowest BCUT2D eigenvalue weighted by atomic mass is 10.1. The van der Waals surface area contributed by atoms with E-state index in [9.17, 15) is 27.6 Å². The van der Waals surface area contributed by atoms with Gasteiger partial charge in [0.05, 0.1) is 24.3 Å². The number of esters is 1. The molecule has 0 saturated carbocycles. The van der Waals surface area contributed by atoms with E-state index in [1.54, 1.807) is 24.3 Å². The predicted octanol–water partition coefficient (Wildman–Crippen LogP) is 3.25. The van der Waals surface area contributed by atoms with Crippen LogP contribution in [0, 0.1) is 5.92 Å². The summed E-state index contributed by atoms with van der Waals surface area (Å²) < 4.78 is 48.4. The van der Waals surface area contributed by atoms with Crippen LogP contribution in [0.5, 0.6) is 5.75 Å². The Labute approximate surface area is 175 Å². The van der Waals surface area contributed by atoms with Crippen molar-refractivity contribution in [1.82, 2.24) is 0 Å². The van der Waals surface area contributed by atoms with Gasteiger partial charge in [-0.15, -0.1) is 0 Å². The number of carbonyl (C=O) groups excluding carboxylic acids is 3. The molecule has 1 fully saturated rings. The van der Waals surface area contributed by atoms with Gasteiger partial charge in [0.25, 0.3) is 5.91 Å². The SMILES string of the molecule is COc1ccccc1N1C[C@H](C(=O)OCC(=O)Nc2cccc(C(F)(F)F)c2)CC1=O. The molecule has 2 aromatic rings. The van der Waals surface area contributed by atoms with Crippen molar-refractivity contribution in [3.05, 3.63) is 54.1 Å². The Morgan fingerprint density at radius 1 is 1.16 bits per heavy atom. The monoisotopic (exact) mass is 436 g/mol. The topological polar surface area (TPSA) is 84.9 Å². The Bertz CT molecular complexity index is 993. The first kappa shape index (κ1) is 22.1. The van der Waals surface area contributed by atoms with Crippen molar-refractivity contribution in [3.63, 3.8) is 0 Å². The standard InChI is InChI=1S/C21H19F3N2O5/c1-30-17-8-3-2-7-16(17)26-11-13(9-19(26)28)20(29)31-12-18(27)25-15-6-4-5-14(10-15)21(22,23)24/h2-8,10,13H,9,11-12H2,1H3,(H,25,27)/t13-/m1/s1. The third kappa shape index (κ3) is 5.33. The fourth-order valence-electron chi connectivity index (χ4n) is 3.18. The van der Waals surface area contributed by atoms with Gasteiger partial charge in [-0.3, -0.25) is 14.4 Å². The fourth-order valence-corrected chi connectivity index (χ4v) is 3.18. The first-order valence-electron chi connectivity index (χ1n) is 9.26. The molecule has 0 aliphatic carbocycles. The molecule has 0 bridgehead atoms. The number of amides is 2. The van der Waals surface area contributed by atoms with Gasteiger partial charge in [0.15, 0.2) is 6.61 Å². The molecule has 164 valence electrons. The van der Waals surface area contributed by atoms with E-state index in [4.69, 9.17) is 9.47 Å². The van der Waals surface area contributed by atoms with Gasteiger partial charge in [0.2, 0.25) is 5.91 Å². The second-order valence-corrected chi connectivity index (χ2v) is 6.81. The average molecular weight is 436 g/mol. The smallest absolute Gasteiger partial charge is 0.416 e. The summed E-state index contributed by atoms with van der Waals surface area (Å²) in [5.41, 5.74) is -0.468. The Hall–Kier alpha value is -3.56. The summed E-state index contributed by atoms with van der Waals surface area (Å²) in [4.78, 5) is 38.0. The molecule has 0 unspecified atom stereocenters. The van der Waals surface area contributed by atoms with Gasteiger partial charge >= 0.3 is 12.1 Å². The second-order valence-electron chi connectivity index (χ2n) is 6.81. The summed E-state index contributed by atoms with van der Waals surface area (Å²) in [7, 11) is 1.47. The number of nitrogens with one attached hydrogen (secondary N) is 1. The predicted molar refractivity (Wildman–Crippen MR) is 104 cm³/mol. The van der Waals surface area contributed by atoms with E-state index in [1.165, 1.54) is 18.1 Å². The third-order valence-corrected chi connectivity index (χ3v) is 4.65. The molecule has 31 heavy (non-hydrogen) atoms. The molecule has 1 N–H and O–H groups in total. The summed E-state index contributed by atoms with van der Waals surface area (Å²) in [5.74, 6) is -2.13. The number of alkyl halides is 3. The molecule has 0 spiro atoms. The van der Waals surface area contributed by atoms with E-state index >= 15 is 0 Å². The number of halogens is 3. The molecule has 1 saturated heterocycles. The van der Waals surface area contributed by atoms with Crippen LogP contribution in [0.25, 0.3) is 0 Å². The van der Waals surface area contributed by atoms with Crippen LogP contribution in [0.2, 0.25) is 0 Å². The summed E-state index contributed by atoms with van der Waals surface area (Å²) in [6, 6.07) is 10.9. The first-order valence-corrected chi connectivity index (χ1v) is 9.26. The Morgan fingerprint density at radius 2 is 1.90 bits per heavy atom. The number of ether oxygens (including phenoxy) is 2. The zero-order valence-corrected chi connectivity index (χ0v) is 16.4. The lowest BCUT2D eigenvalue weighted by Crippen LogP contribution is -2.28. The fraction of sp³-hybridized carbons (Fsp3) is 0.286. The lowest BCUT2D eigenvalue weighted by Gasteiger charge is -2.19. The van der Waals surface area contributed by atoms with Crippen molar-refractivity contribution in [1.29, 1.82) is 0 Å². The van der Waals surface area contributed by atoms with Crippen LogP contribution < -0.4 is 15.0 Å². The van der Waals surface area contributed by atoms with E-state index in [-0.39, 0.29) is 24.6 Å². The van der Waals surface area contributed by atoms with Gasteiger partial charge < -0.3 is 19.7 Å². The summed E-state index contributed by atoms with van der Waals surface area (Å²) in [6.07, 6.45) is -4.64. The van der Waals surface area contributed by atoms with Crippen LogP contribution in [-0.2, 0) is 25.3 Å². The molecular weight excluding hydrogens is 417 g/mol. The highest BCUT2D eigenvalue weighted by Gasteiger charge is 2.37. The van der Waals surface area contributed by atoms with Crippen LogP contribution in [0.4, 0.5) is 24.5 Å². The van der Waals surface area contributed by atoms with Crippen LogP contribution in [0.15, 0.2) is 48.5 Å². The van der Waals surface area contributed by atoms with Crippen LogP contribution in [0.1, 0.15) is 12.0 Å². The summed E-state index contributed by atoms with van der Waals surface area (Å²) in [5, 5.41) is 2.25. The molecule has 1 aliphatic rings. The lowest BCUT2D eigenvalue weighted by molar-refractivity contribution is -0.151. The number of benzene rings is 2. The van der Waals surface area contributed by atoms with Crippen LogP contribution in [-0.4, -0.2) is 38.0 Å². The molecule has 2 amide bonds. The number of anilines is 2. The Morgan fingerprint density at radius 3 is 2.61 bits per heavy atom. The molecular formula is C21H19F3N2O5. The number of hydrogen-bond acceptors (Lipinski definition) is 5. The van der Waals surface area contributed by atoms with Crippen molar-refractivity contribution in [2.75, 3.05) is 30.5 Å². The highest BCUT2D eigenvalue weighted by molar-refractivity contribution is 6.01. The van der Waals surface area contributed by atoms with Crippen molar-refractivity contribution in [2.45, 2.75) is 12.6 Å². The number of rotatable bonds is 6. The van der Waals surface area contributed by atoms with Crippen LogP contribution >= 0.6 is 0 Å². The second kappa shape index (κ2) is 9.07. The minimum atomic E-state index is -4.55. The molecule has 1 aliphatic heterocycles. The van der Waals surface area contributed by atoms with Crippen molar-refractivity contribution >= 4 is 29.2 Å². The normalized spacial score (nSPS) is 16.2. The largest absolute Gasteiger partial charge is 0.495 e. The van der Waals surface area contributed by atoms with Crippen molar-refractivity contribution in [2.24, 2.45) is 5.92 Å². The highest BCUT2D eigenvalue weighted by Crippen LogP contribution is 2.33. The van der Waals surface area contributed by atoms with Crippen molar-refractivity contribution in [3.8, 4) is 5.75 Å². The van der Waals surface area contributed by atoms with Gasteiger partial charge in [-0.25, -0.2) is 0 Å². The number of methoxy groups -OCH3 is 1. The zero-order chi connectivity index (χ0) is 22.6. The molecule has 7 nitrogen and oxygen atoms in total. The van der Waals surface area contributed by atoms with E-state index in [2.05, 4.69) is 5.32 Å². The number of carbonyl (C=O) groups is 3. The van der Waals surface area contributed by atoms with Gasteiger partial charge in [0, 0.05) is 18.7 Å². The van der Waals surface area contributed by atoms with Gasteiger partial charge in [-0.05, 0) is 30.3 Å². The van der Waals surface area contributed by atoms with E-state index in [0.717, 1.165) is 18.2 Å². The molecule has 0 aromatic heterocycles. The first-order chi connectivity index (χ1) is 14.7. The van der Waals surface area contributed by atoms with Crippen molar-refractivity contribution < 1.29 is 37.0 Å². The van der Waals surface area contributed by atoms with E-state index in [1.807, 2.05) is 0 Å². The van der Waals surface area contributed by atoms with Crippen LogP contribution in [0.3, 0.4) is 0 Å². The number of para-hydroxylation sites is 2. The maximum absolute atomic E-state index is 12.7. The molecule has 1 atom stereocenters. The van der Waals surface area contributed by atoms with Gasteiger partial charge in [-0.1, -0.05) is 18.2 Å². The van der Waals surface area contributed by atoms with Gasteiger partial charge in [-0.2, -0.15) is 13.2 Å². The molecule has 1 heterocycles. The molecule has 10 heteroatoms. The third-order valence-electron chi connectivity index (χ3n) is 4.65. The molecule has 3 rings (SSSR count). The summed E-state index contributed by atoms with van der Waals surface area (Å²) in [6.45, 7) is -0.623. The maximum atomic E-state index is 12.7. The highest BCUT2D eigenvalue weighted by atomic mass is 19.4. The maximum Gasteiger partial charge on any atom is 0.416 e. The number of nitrogens with zero attached hydrogens (tertiary/aromatic N) is 1. The minimum absolute atomic E-state index is 0.0628. The Kier molecular flexibility index (Phi) is 6.47. The number of hydrogen-bond donors (Lipinski definition) is 1. The average Bonchev–Trinajstić information content (AvgIpc) is 3.13. The summed E-state index contributed by atoms with van der Waals surface area (Å²) >= 11 is 0. The molecule has 0 radical (unpaired) electrons. The zero-order valence-electron chi connectivity index (χ0n) is 16.4. The quantitative estimate of drug-likeness (QED) is 0.703. The van der Waals surface area contributed by atoms with Gasteiger partial charge in [0.1, 0.15) is 5.75 Å². The van der Waals surface area contributed by atoms with E-state index < -0.39 is 36.1 Å². The van der Waals surface area contributed by atoms with E-state index in [0.29, 0.717) is 11.4 Å².